The smallest absolute Gasteiger partial charge is 0.192 e. The summed E-state index contributed by atoms with van der Waals surface area (Å²) in [7, 11) is -0.118. The number of ether oxygens (including phenoxy) is 1. The molecular weight excluding hydrogens is 438 g/mol. The third kappa shape index (κ3) is 7.62. The lowest BCUT2D eigenvalue weighted by atomic mass is 10.0. The Morgan fingerprint density at radius 3 is 2.28 bits per heavy atom. The van der Waals surface area contributed by atoms with E-state index in [4.69, 9.17) is 9.16 Å². The predicted octanol–water partition coefficient (Wildman–Crippen LogP) is 5.25. The summed E-state index contributed by atoms with van der Waals surface area (Å²) in [5.74, 6) is 0.825. The van der Waals surface area contributed by atoms with Crippen molar-refractivity contribution < 1.29 is 13.7 Å². The number of rotatable bonds is 10. The maximum Gasteiger partial charge on any atom is 0.192 e. The molecule has 2 atom stereocenters. The summed E-state index contributed by atoms with van der Waals surface area (Å²) in [6.45, 7) is 18.5. The van der Waals surface area contributed by atoms with Crippen molar-refractivity contribution in [3.8, 4) is 5.75 Å². The predicted molar refractivity (Wildman–Crippen MR) is 136 cm³/mol. The van der Waals surface area contributed by atoms with Crippen LogP contribution in [0.1, 0.15) is 58.7 Å². The van der Waals surface area contributed by atoms with Crippen LogP contribution < -0.4 is 9.46 Å². The first-order valence-electron chi connectivity index (χ1n) is 11.2. The number of nitrogens with one attached hydrogen (secondary N) is 1. The monoisotopic (exact) mass is 479 g/mol. The molecule has 0 unspecified atom stereocenters. The second-order valence-electron chi connectivity index (χ2n) is 10.7. The molecule has 0 bridgehead atoms. The largest absolute Gasteiger partial charge is 0.598 e. The number of nitrogens with zero attached hydrogens (tertiary/aromatic N) is 2. The van der Waals surface area contributed by atoms with Gasteiger partial charge in [0.05, 0.1) is 32.5 Å². The van der Waals surface area contributed by atoms with Gasteiger partial charge in [-0.25, -0.2) is 0 Å². The van der Waals surface area contributed by atoms with Crippen molar-refractivity contribution in [3.63, 3.8) is 0 Å². The second kappa shape index (κ2) is 10.7. The van der Waals surface area contributed by atoms with E-state index in [9.17, 15) is 4.55 Å². The molecular formula is C24H41N3O3SSi. The van der Waals surface area contributed by atoms with Crippen molar-refractivity contribution >= 4 is 19.7 Å². The maximum absolute atomic E-state index is 12.9. The van der Waals surface area contributed by atoms with Crippen molar-refractivity contribution in [2.24, 2.45) is 0 Å². The lowest BCUT2D eigenvalue weighted by molar-refractivity contribution is 0.266. The summed E-state index contributed by atoms with van der Waals surface area (Å²) < 4.78 is 29.3. The fourth-order valence-electron chi connectivity index (χ4n) is 2.82. The minimum Gasteiger partial charge on any atom is -0.598 e. The van der Waals surface area contributed by atoms with E-state index < -0.39 is 19.7 Å². The highest BCUT2D eigenvalue weighted by molar-refractivity contribution is 7.90. The molecule has 1 N–H and O–H groups in total. The molecule has 2 rings (SSSR count). The molecule has 0 radical (unpaired) electrons. The molecule has 0 fully saturated rings. The molecule has 0 saturated heterocycles. The van der Waals surface area contributed by atoms with Gasteiger partial charge in [0, 0.05) is 23.1 Å². The van der Waals surface area contributed by atoms with Crippen molar-refractivity contribution in [2.45, 2.75) is 83.4 Å². The maximum atomic E-state index is 12.9. The van der Waals surface area contributed by atoms with Crippen molar-refractivity contribution in [1.29, 1.82) is 0 Å². The van der Waals surface area contributed by atoms with E-state index >= 15 is 0 Å². The van der Waals surface area contributed by atoms with Crippen molar-refractivity contribution in [3.05, 3.63) is 47.8 Å². The van der Waals surface area contributed by atoms with Crippen LogP contribution in [0.5, 0.6) is 5.75 Å². The topological polar surface area (TPSA) is 71.4 Å². The average Bonchev–Trinajstić information content (AvgIpc) is 3.15. The number of hydrogen-bond donors (Lipinski definition) is 1. The van der Waals surface area contributed by atoms with E-state index in [0.717, 1.165) is 16.9 Å². The zero-order chi connectivity index (χ0) is 24.2. The van der Waals surface area contributed by atoms with Gasteiger partial charge in [-0.3, -0.25) is 4.68 Å². The van der Waals surface area contributed by atoms with Gasteiger partial charge in [0.1, 0.15) is 10.5 Å². The molecule has 0 aliphatic rings. The molecule has 0 aliphatic carbocycles. The SMILES string of the molecule is COc1ccc(C[C@H](N[S@+]([O-])C(C)(C)C)c2cnn(CCO[Si](C)(C)C(C)(C)C)c2)cc1. The molecule has 6 nitrogen and oxygen atoms in total. The molecule has 2 aromatic rings. The molecule has 1 aromatic heterocycles. The number of benzene rings is 1. The van der Waals surface area contributed by atoms with E-state index in [2.05, 4.69) is 43.7 Å². The molecule has 32 heavy (non-hydrogen) atoms. The van der Waals surface area contributed by atoms with Gasteiger partial charge in [-0.15, -0.1) is 4.72 Å². The third-order valence-corrected chi connectivity index (χ3v) is 12.2. The van der Waals surface area contributed by atoms with Crippen LogP contribution in [-0.4, -0.2) is 41.1 Å². The van der Waals surface area contributed by atoms with Crippen molar-refractivity contribution in [1.82, 2.24) is 14.5 Å². The van der Waals surface area contributed by atoms with Gasteiger partial charge >= 0.3 is 0 Å². The summed E-state index contributed by atoms with van der Waals surface area (Å²) >= 11 is -1.20. The first-order chi connectivity index (χ1) is 14.7. The lowest BCUT2D eigenvalue weighted by Crippen LogP contribution is -2.41. The van der Waals surface area contributed by atoms with Crippen molar-refractivity contribution in [2.75, 3.05) is 13.7 Å². The van der Waals surface area contributed by atoms with Crippen LogP contribution in [0.15, 0.2) is 36.7 Å². The molecule has 0 aliphatic heterocycles. The van der Waals surface area contributed by atoms with E-state index in [1.165, 1.54) is 0 Å². The average molecular weight is 480 g/mol. The van der Waals surface area contributed by atoms with Gasteiger partial charge in [-0.1, -0.05) is 32.9 Å². The summed E-state index contributed by atoms with van der Waals surface area (Å²) in [5.41, 5.74) is 2.16. The van der Waals surface area contributed by atoms with Crippen LogP contribution in [0.2, 0.25) is 18.1 Å². The van der Waals surface area contributed by atoms with Crippen LogP contribution in [0, 0.1) is 0 Å². The summed E-state index contributed by atoms with van der Waals surface area (Å²) in [6.07, 6.45) is 4.61. The Kier molecular flexibility index (Phi) is 9.03. The molecule has 0 amide bonds. The lowest BCUT2D eigenvalue weighted by Gasteiger charge is -2.36. The quantitative estimate of drug-likeness (QED) is 0.372. The highest BCUT2D eigenvalue weighted by Crippen LogP contribution is 2.36. The zero-order valence-electron chi connectivity index (χ0n) is 21.2. The Bertz CT molecular complexity index is 841. The molecule has 1 heterocycles. The minimum atomic E-state index is -1.78. The number of aromatic nitrogens is 2. The Morgan fingerprint density at radius 2 is 1.75 bits per heavy atom. The number of methoxy groups -OCH3 is 1. The molecule has 180 valence electrons. The molecule has 8 heteroatoms. The molecule has 0 saturated carbocycles. The van der Waals surface area contributed by atoms with Crippen LogP contribution in [-0.2, 0) is 28.8 Å². The Hall–Kier alpha value is -1.32. The normalized spacial score (nSPS) is 14.9. The first-order valence-corrected chi connectivity index (χ1v) is 15.3. The third-order valence-electron chi connectivity index (χ3n) is 6.05. The standard InChI is InChI=1S/C24H41N3O3SSi/c1-23(2,3)31(28)26-22(16-19-10-12-21(29-7)13-11-19)20-17-25-27(18-20)14-15-30-32(8,9)24(4,5)6/h10-13,17-18,22,26H,14-16H2,1-9H3/t22-,31+/m0/s1. The van der Waals surface area contributed by atoms with Gasteiger partial charge in [-0.2, -0.15) is 5.10 Å². The van der Waals surface area contributed by atoms with E-state index in [-0.39, 0.29) is 15.8 Å². The highest BCUT2D eigenvalue weighted by atomic mass is 32.2. The summed E-state index contributed by atoms with van der Waals surface area (Å²) in [6, 6.07) is 7.89. The Labute approximate surface area is 198 Å². The second-order valence-corrected chi connectivity index (χ2v) is 17.6. The van der Waals surface area contributed by atoms with Gasteiger partial charge in [0.2, 0.25) is 0 Å². The van der Waals surface area contributed by atoms with E-state index in [0.29, 0.717) is 19.6 Å². The van der Waals surface area contributed by atoms with Crippen LogP contribution in [0.3, 0.4) is 0 Å². The van der Waals surface area contributed by atoms with Gasteiger partial charge in [0.25, 0.3) is 0 Å². The van der Waals surface area contributed by atoms with Crippen LogP contribution in [0.25, 0.3) is 0 Å². The molecule has 1 aromatic carbocycles. The van der Waals surface area contributed by atoms with Gasteiger partial charge in [0.15, 0.2) is 8.32 Å². The van der Waals surface area contributed by atoms with E-state index in [1.54, 1.807) is 7.11 Å². The zero-order valence-corrected chi connectivity index (χ0v) is 23.0. The van der Waals surface area contributed by atoms with Gasteiger partial charge < -0.3 is 13.7 Å². The highest BCUT2D eigenvalue weighted by Gasteiger charge is 2.37. The van der Waals surface area contributed by atoms with Crippen LogP contribution >= 0.6 is 0 Å². The fourth-order valence-corrected chi connectivity index (χ4v) is 4.69. The Balaban J connectivity index is 2.12. The molecule has 0 spiro atoms. The number of hydrogen-bond acceptors (Lipinski definition) is 5. The van der Waals surface area contributed by atoms with E-state index in [1.807, 2.05) is 62.1 Å². The van der Waals surface area contributed by atoms with Gasteiger partial charge in [-0.05, 0) is 63.0 Å². The minimum absolute atomic E-state index is 0.112. The fraction of sp³-hybridized carbons (Fsp3) is 0.625. The summed E-state index contributed by atoms with van der Waals surface area (Å²) in [5, 5.41) is 4.74. The van der Waals surface area contributed by atoms with Crippen LogP contribution in [0.4, 0.5) is 0 Å². The summed E-state index contributed by atoms with van der Waals surface area (Å²) in [4.78, 5) is 0. The Morgan fingerprint density at radius 1 is 1.12 bits per heavy atom. The first kappa shape index (κ1) is 26.9.